The van der Waals surface area contributed by atoms with Crippen molar-refractivity contribution in [1.29, 1.82) is 0 Å². The van der Waals surface area contributed by atoms with Gasteiger partial charge in [-0.3, -0.25) is 0 Å². The van der Waals surface area contributed by atoms with Crippen LogP contribution in [0, 0.1) is 13.8 Å². The van der Waals surface area contributed by atoms with Crippen LogP contribution in [0.5, 0.6) is 0 Å². The van der Waals surface area contributed by atoms with Crippen molar-refractivity contribution in [1.82, 2.24) is 9.55 Å². The van der Waals surface area contributed by atoms with Crippen LogP contribution in [0.4, 0.5) is 5.69 Å². The zero-order valence-electron chi connectivity index (χ0n) is 11.5. The standard InChI is InChI=1S/C13H16N4O2S/c1-9-8-10(2)17(3)13(15-9)16-20(18,19)12-6-4-11(14)5-7-12/h4-8H,14H2,1-3H3/b16-13+. The van der Waals surface area contributed by atoms with Crippen LogP contribution in [0.1, 0.15) is 11.4 Å². The van der Waals surface area contributed by atoms with E-state index in [1.165, 1.54) is 24.3 Å². The highest BCUT2D eigenvalue weighted by Gasteiger charge is 2.13. The van der Waals surface area contributed by atoms with Crippen molar-refractivity contribution in [3.63, 3.8) is 0 Å². The number of rotatable bonds is 2. The van der Waals surface area contributed by atoms with Crippen LogP contribution in [-0.2, 0) is 17.1 Å². The van der Waals surface area contributed by atoms with Gasteiger partial charge in [-0.05, 0) is 44.2 Å². The highest BCUT2D eigenvalue weighted by atomic mass is 32.2. The molecule has 2 aromatic rings. The highest BCUT2D eigenvalue weighted by molar-refractivity contribution is 7.90. The molecule has 1 heterocycles. The summed E-state index contributed by atoms with van der Waals surface area (Å²) in [5.41, 5.74) is 7.79. The van der Waals surface area contributed by atoms with Gasteiger partial charge in [-0.25, -0.2) is 4.98 Å². The van der Waals surface area contributed by atoms with Crippen LogP contribution < -0.4 is 11.4 Å². The first-order valence-corrected chi connectivity index (χ1v) is 7.41. The van der Waals surface area contributed by atoms with E-state index in [9.17, 15) is 8.42 Å². The second kappa shape index (κ2) is 5.09. The van der Waals surface area contributed by atoms with E-state index in [0.717, 1.165) is 5.69 Å². The van der Waals surface area contributed by atoms with Gasteiger partial charge in [0.1, 0.15) is 0 Å². The molecule has 2 rings (SSSR count). The Bertz CT molecular complexity index is 805. The maximum absolute atomic E-state index is 12.2. The molecule has 0 aliphatic heterocycles. The normalized spacial score (nSPS) is 12.7. The van der Waals surface area contributed by atoms with Crippen molar-refractivity contribution in [2.24, 2.45) is 11.4 Å². The molecule has 0 saturated carbocycles. The number of sulfonamides is 1. The third kappa shape index (κ3) is 2.88. The van der Waals surface area contributed by atoms with Gasteiger partial charge in [0.25, 0.3) is 10.0 Å². The van der Waals surface area contributed by atoms with E-state index < -0.39 is 10.0 Å². The van der Waals surface area contributed by atoms with E-state index in [-0.39, 0.29) is 10.5 Å². The predicted molar refractivity (Wildman–Crippen MR) is 76.3 cm³/mol. The van der Waals surface area contributed by atoms with Crippen molar-refractivity contribution < 1.29 is 8.42 Å². The zero-order valence-corrected chi connectivity index (χ0v) is 12.3. The predicted octanol–water partition coefficient (Wildman–Crippen LogP) is 0.909. The molecule has 0 unspecified atom stereocenters. The Labute approximate surface area is 117 Å². The summed E-state index contributed by atoms with van der Waals surface area (Å²) in [4.78, 5) is 4.24. The number of aryl methyl sites for hydroxylation is 2. The average Bonchev–Trinajstić information content (AvgIpc) is 2.35. The molecule has 1 aromatic carbocycles. The lowest BCUT2D eigenvalue weighted by Crippen LogP contribution is -2.26. The molecule has 0 radical (unpaired) electrons. The third-order valence-corrected chi connectivity index (χ3v) is 4.17. The molecule has 0 amide bonds. The molecule has 2 N–H and O–H groups in total. The number of anilines is 1. The van der Waals surface area contributed by atoms with E-state index in [1.54, 1.807) is 18.5 Å². The minimum Gasteiger partial charge on any atom is -0.399 e. The summed E-state index contributed by atoms with van der Waals surface area (Å²) in [5.74, 6) is 0. The summed E-state index contributed by atoms with van der Waals surface area (Å²) in [7, 11) is -2.08. The summed E-state index contributed by atoms with van der Waals surface area (Å²) >= 11 is 0. The van der Waals surface area contributed by atoms with Gasteiger partial charge < -0.3 is 10.3 Å². The van der Waals surface area contributed by atoms with E-state index in [2.05, 4.69) is 9.38 Å². The Morgan fingerprint density at radius 1 is 1.20 bits per heavy atom. The molecule has 7 heteroatoms. The second-order valence-electron chi connectivity index (χ2n) is 4.53. The first-order valence-electron chi connectivity index (χ1n) is 5.97. The fourth-order valence-corrected chi connectivity index (χ4v) is 2.67. The minimum absolute atomic E-state index is 0.0904. The molecule has 0 spiro atoms. The summed E-state index contributed by atoms with van der Waals surface area (Å²) in [6.45, 7) is 3.66. The number of nitrogens with zero attached hydrogens (tertiary/aromatic N) is 3. The number of aromatic nitrogens is 2. The van der Waals surface area contributed by atoms with E-state index >= 15 is 0 Å². The lowest BCUT2D eigenvalue weighted by molar-refractivity contribution is 0.594. The summed E-state index contributed by atoms with van der Waals surface area (Å²) in [5, 5.41) is 0. The fourth-order valence-electron chi connectivity index (χ4n) is 1.70. The molecule has 0 saturated heterocycles. The Morgan fingerprint density at radius 3 is 2.40 bits per heavy atom. The van der Waals surface area contributed by atoms with E-state index in [4.69, 9.17) is 5.73 Å². The molecule has 0 atom stereocenters. The molecule has 0 aliphatic carbocycles. The Morgan fingerprint density at radius 2 is 1.80 bits per heavy atom. The van der Waals surface area contributed by atoms with Gasteiger partial charge in [0.15, 0.2) is 0 Å². The van der Waals surface area contributed by atoms with Crippen LogP contribution in [0.15, 0.2) is 39.6 Å². The summed E-state index contributed by atoms with van der Waals surface area (Å²) < 4.78 is 29.9. The molecule has 106 valence electrons. The number of hydrogen-bond acceptors (Lipinski definition) is 4. The van der Waals surface area contributed by atoms with Crippen LogP contribution in [0.25, 0.3) is 0 Å². The number of benzene rings is 1. The SMILES string of the molecule is Cc1cc(C)n(C)/c(=N/S(=O)(=O)c2ccc(N)cc2)n1. The van der Waals surface area contributed by atoms with E-state index in [0.29, 0.717) is 11.4 Å². The van der Waals surface area contributed by atoms with Crippen LogP contribution in [0.2, 0.25) is 0 Å². The lowest BCUT2D eigenvalue weighted by Gasteiger charge is -2.06. The largest absolute Gasteiger partial charge is 0.399 e. The zero-order chi connectivity index (χ0) is 14.9. The monoisotopic (exact) mass is 292 g/mol. The van der Waals surface area contributed by atoms with Crippen molar-refractivity contribution in [2.75, 3.05) is 5.73 Å². The molecule has 6 nitrogen and oxygen atoms in total. The molecule has 0 fully saturated rings. The second-order valence-corrected chi connectivity index (χ2v) is 6.14. The van der Waals surface area contributed by atoms with Gasteiger partial charge in [-0.2, -0.15) is 8.42 Å². The van der Waals surface area contributed by atoms with E-state index in [1.807, 2.05) is 13.0 Å². The van der Waals surface area contributed by atoms with Crippen LogP contribution in [0.3, 0.4) is 0 Å². The maximum Gasteiger partial charge on any atom is 0.285 e. The van der Waals surface area contributed by atoms with Gasteiger partial charge >= 0.3 is 0 Å². The molecule has 20 heavy (non-hydrogen) atoms. The minimum atomic E-state index is -3.80. The maximum atomic E-state index is 12.2. The van der Waals surface area contributed by atoms with Gasteiger partial charge in [0, 0.05) is 24.1 Å². The van der Waals surface area contributed by atoms with Gasteiger partial charge in [0.05, 0.1) is 4.90 Å². The lowest BCUT2D eigenvalue weighted by atomic mass is 10.3. The highest BCUT2D eigenvalue weighted by Crippen LogP contribution is 2.13. The van der Waals surface area contributed by atoms with Gasteiger partial charge in [-0.15, -0.1) is 4.40 Å². The topological polar surface area (TPSA) is 90.3 Å². The fraction of sp³-hybridized carbons (Fsp3) is 0.231. The Balaban J connectivity index is 2.62. The molecule has 0 bridgehead atoms. The number of nitrogen functional groups attached to an aromatic ring is 1. The molecule has 0 aliphatic rings. The van der Waals surface area contributed by atoms with Crippen molar-refractivity contribution in [3.05, 3.63) is 47.3 Å². The van der Waals surface area contributed by atoms with Crippen molar-refractivity contribution >= 4 is 15.7 Å². The Hall–Kier alpha value is -2.15. The van der Waals surface area contributed by atoms with Gasteiger partial charge in [-0.1, -0.05) is 0 Å². The number of hydrogen-bond donors (Lipinski definition) is 1. The number of nitrogens with two attached hydrogens (primary N) is 1. The average molecular weight is 292 g/mol. The third-order valence-electron chi connectivity index (χ3n) is 2.90. The van der Waals surface area contributed by atoms with Gasteiger partial charge in [0.2, 0.25) is 5.62 Å². The smallest absolute Gasteiger partial charge is 0.285 e. The molecular formula is C13H16N4O2S. The van der Waals surface area contributed by atoms with Crippen LogP contribution >= 0.6 is 0 Å². The van der Waals surface area contributed by atoms with Crippen molar-refractivity contribution in [2.45, 2.75) is 18.7 Å². The Kier molecular flexibility index (Phi) is 3.63. The molecular weight excluding hydrogens is 276 g/mol. The van der Waals surface area contributed by atoms with Crippen molar-refractivity contribution in [3.8, 4) is 0 Å². The first kappa shape index (κ1) is 14.3. The first-order chi connectivity index (χ1) is 9.29. The summed E-state index contributed by atoms with van der Waals surface area (Å²) in [6.07, 6.45) is 0. The quantitative estimate of drug-likeness (QED) is 0.833. The van der Waals surface area contributed by atoms with Crippen LogP contribution in [-0.4, -0.2) is 18.0 Å². The molecule has 1 aromatic heterocycles. The summed E-state index contributed by atoms with van der Waals surface area (Å²) in [6, 6.07) is 7.76.